The van der Waals surface area contributed by atoms with Gasteiger partial charge in [-0.15, -0.1) is 0 Å². The van der Waals surface area contributed by atoms with Gasteiger partial charge in [-0.05, 0) is 53.9 Å². The molecule has 5 nitrogen and oxygen atoms in total. The second-order valence-electron chi connectivity index (χ2n) is 7.57. The Bertz CT molecular complexity index is 1230. The van der Waals surface area contributed by atoms with E-state index in [2.05, 4.69) is 17.3 Å². The first-order valence-electron chi connectivity index (χ1n) is 10.6. The number of rotatable bonds is 8. The molecule has 1 aromatic heterocycles. The molecule has 4 aromatic rings. The largest absolute Gasteiger partial charge is 0.489 e. The van der Waals surface area contributed by atoms with Crippen LogP contribution in [-0.2, 0) is 19.6 Å². The second kappa shape index (κ2) is 10.3. The van der Waals surface area contributed by atoms with Crippen LogP contribution < -0.4 is 10.1 Å². The summed E-state index contributed by atoms with van der Waals surface area (Å²) >= 11 is 6.08. The Morgan fingerprint density at radius 2 is 1.88 bits per heavy atom. The van der Waals surface area contributed by atoms with Gasteiger partial charge in [-0.1, -0.05) is 48.9 Å². The molecule has 0 aliphatic rings. The molecule has 0 fully saturated rings. The molecule has 0 radical (unpaired) electrons. The summed E-state index contributed by atoms with van der Waals surface area (Å²) in [5.41, 5.74) is 3.48. The summed E-state index contributed by atoms with van der Waals surface area (Å²) in [6.45, 7) is 2.62. The number of aryl methyl sites for hydroxylation is 1. The minimum absolute atomic E-state index is 0.160. The van der Waals surface area contributed by atoms with Crippen molar-refractivity contribution in [3.8, 4) is 5.75 Å². The Kier molecular flexibility index (Phi) is 7.05. The highest BCUT2D eigenvalue weighted by molar-refractivity contribution is 6.31. The Labute approximate surface area is 196 Å². The van der Waals surface area contributed by atoms with Crippen molar-refractivity contribution in [3.63, 3.8) is 0 Å². The highest BCUT2D eigenvalue weighted by Gasteiger charge is 2.11. The summed E-state index contributed by atoms with van der Waals surface area (Å²) in [4.78, 5) is 12.7. The van der Waals surface area contributed by atoms with Gasteiger partial charge in [0.2, 0.25) is 0 Å². The van der Waals surface area contributed by atoms with Crippen LogP contribution in [0.4, 0.5) is 10.1 Å². The lowest BCUT2D eigenvalue weighted by atomic mass is 10.1. The minimum atomic E-state index is -0.399. The predicted octanol–water partition coefficient (Wildman–Crippen LogP) is 6.12. The summed E-state index contributed by atoms with van der Waals surface area (Å²) < 4.78 is 21.4. The van der Waals surface area contributed by atoms with E-state index in [-0.39, 0.29) is 12.5 Å². The van der Waals surface area contributed by atoms with Crippen LogP contribution in [0.1, 0.15) is 34.0 Å². The first-order valence-corrected chi connectivity index (χ1v) is 11.0. The number of carbonyl (C=O) groups is 1. The van der Waals surface area contributed by atoms with Crippen molar-refractivity contribution in [1.29, 1.82) is 0 Å². The third-order valence-electron chi connectivity index (χ3n) is 5.20. The van der Waals surface area contributed by atoms with Gasteiger partial charge in [-0.3, -0.25) is 9.48 Å². The van der Waals surface area contributed by atoms with Gasteiger partial charge in [0.25, 0.3) is 5.91 Å². The van der Waals surface area contributed by atoms with Crippen molar-refractivity contribution in [1.82, 2.24) is 9.78 Å². The first kappa shape index (κ1) is 22.6. The molecule has 1 heterocycles. The molecule has 0 saturated heterocycles. The number of amides is 1. The minimum Gasteiger partial charge on any atom is -0.489 e. The lowest BCUT2D eigenvalue weighted by Crippen LogP contribution is -2.12. The standard InChI is InChI=1S/C26H23ClFN3O2/c1-2-18-9-11-22(12-10-18)33-17-19-5-3-6-20(13-19)26(32)30-21-14-29-31(15-21)16-23-24(27)7-4-8-25(23)28/h3-15H,2,16-17H2,1H3,(H,30,32). The van der Waals surface area contributed by atoms with Gasteiger partial charge in [0.15, 0.2) is 0 Å². The van der Waals surface area contributed by atoms with Crippen LogP contribution in [0.15, 0.2) is 79.1 Å². The molecule has 7 heteroatoms. The zero-order chi connectivity index (χ0) is 23.2. The summed E-state index contributed by atoms with van der Waals surface area (Å²) in [6, 6.07) is 19.8. The van der Waals surface area contributed by atoms with Crippen LogP contribution in [0.25, 0.3) is 0 Å². The van der Waals surface area contributed by atoms with Crippen LogP contribution in [0, 0.1) is 5.82 Å². The Morgan fingerprint density at radius 1 is 1.09 bits per heavy atom. The van der Waals surface area contributed by atoms with Gasteiger partial charge in [-0.2, -0.15) is 5.10 Å². The van der Waals surface area contributed by atoms with Crippen LogP contribution in [0.2, 0.25) is 5.02 Å². The summed E-state index contributed by atoms with van der Waals surface area (Å²) in [5.74, 6) is 0.112. The predicted molar refractivity (Wildman–Crippen MR) is 127 cm³/mol. The zero-order valence-electron chi connectivity index (χ0n) is 18.1. The molecule has 0 unspecified atom stereocenters. The van der Waals surface area contributed by atoms with Crippen LogP contribution in [0.3, 0.4) is 0 Å². The molecule has 0 atom stereocenters. The molecule has 3 aromatic carbocycles. The number of nitrogens with zero attached hydrogens (tertiary/aromatic N) is 2. The van der Waals surface area contributed by atoms with Gasteiger partial charge in [0.1, 0.15) is 18.2 Å². The number of anilines is 1. The topological polar surface area (TPSA) is 56.1 Å². The Hall–Kier alpha value is -3.64. The van der Waals surface area contributed by atoms with Gasteiger partial charge in [0.05, 0.1) is 18.4 Å². The quantitative estimate of drug-likeness (QED) is 0.342. The second-order valence-corrected chi connectivity index (χ2v) is 7.97. The maximum Gasteiger partial charge on any atom is 0.255 e. The van der Waals surface area contributed by atoms with Gasteiger partial charge < -0.3 is 10.1 Å². The average Bonchev–Trinajstić information content (AvgIpc) is 3.27. The van der Waals surface area contributed by atoms with Crippen molar-refractivity contribution in [2.75, 3.05) is 5.32 Å². The fraction of sp³-hybridized carbons (Fsp3) is 0.154. The van der Waals surface area contributed by atoms with E-state index in [9.17, 15) is 9.18 Å². The number of aromatic nitrogens is 2. The van der Waals surface area contributed by atoms with E-state index in [4.69, 9.17) is 16.3 Å². The van der Waals surface area contributed by atoms with E-state index in [0.717, 1.165) is 17.7 Å². The van der Waals surface area contributed by atoms with E-state index >= 15 is 0 Å². The van der Waals surface area contributed by atoms with E-state index in [1.807, 2.05) is 36.4 Å². The van der Waals surface area contributed by atoms with Crippen molar-refractivity contribution >= 4 is 23.2 Å². The molecule has 33 heavy (non-hydrogen) atoms. The SMILES string of the molecule is CCc1ccc(OCc2cccc(C(=O)Nc3cnn(Cc4c(F)cccc4Cl)c3)c2)cc1. The number of nitrogens with one attached hydrogen (secondary N) is 1. The third kappa shape index (κ3) is 5.79. The summed E-state index contributed by atoms with van der Waals surface area (Å²) in [7, 11) is 0. The van der Waals surface area contributed by atoms with E-state index in [1.165, 1.54) is 22.5 Å². The molecular formula is C26H23ClFN3O2. The lowest BCUT2D eigenvalue weighted by Gasteiger charge is -2.09. The number of ether oxygens (including phenoxy) is 1. The average molecular weight is 464 g/mol. The van der Waals surface area contributed by atoms with Crippen molar-refractivity contribution in [2.45, 2.75) is 26.5 Å². The maximum atomic E-state index is 14.0. The Balaban J connectivity index is 1.37. The molecule has 0 saturated carbocycles. The van der Waals surface area contributed by atoms with Crippen molar-refractivity contribution in [2.24, 2.45) is 0 Å². The first-order chi connectivity index (χ1) is 16.0. The number of halogens is 2. The number of carbonyl (C=O) groups excluding carboxylic acids is 1. The molecule has 168 valence electrons. The van der Waals surface area contributed by atoms with Gasteiger partial charge in [-0.25, -0.2) is 4.39 Å². The highest BCUT2D eigenvalue weighted by atomic mass is 35.5. The highest BCUT2D eigenvalue weighted by Crippen LogP contribution is 2.21. The molecule has 0 bridgehead atoms. The number of hydrogen-bond acceptors (Lipinski definition) is 3. The number of benzene rings is 3. The molecule has 0 aliphatic heterocycles. The Morgan fingerprint density at radius 3 is 2.64 bits per heavy atom. The maximum absolute atomic E-state index is 14.0. The zero-order valence-corrected chi connectivity index (χ0v) is 18.8. The molecule has 4 rings (SSSR count). The van der Waals surface area contributed by atoms with Gasteiger partial charge >= 0.3 is 0 Å². The normalized spacial score (nSPS) is 10.8. The van der Waals surface area contributed by atoms with Crippen LogP contribution >= 0.6 is 11.6 Å². The summed E-state index contributed by atoms with van der Waals surface area (Å²) in [5, 5.41) is 7.34. The van der Waals surface area contributed by atoms with E-state index in [1.54, 1.807) is 30.5 Å². The number of hydrogen-bond donors (Lipinski definition) is 1. The smallest absolute Gasteiger partial charge is 0.255 e. The van der Waals surface area contributed by atoms with Crippen LogP contribution in [-0.4, -0.2) is 15.7 Å². The molecule has 1 N–H and O–H groups in total. The third-order valence-corrected chi connectivity index (χ3v) is 5.55. The van der Waals surface area contributed by atoms with Gasteiger partial charge in [0, 0.05) is 22.3 Å². The van der Waals surface area contributed by atoms with Crippen LogP contribution in [0.5, 0.6) is 5.75 Å². The molecule has 1 amide bonds. The molecule has 0 aliphatic carbocycles. The fourth-order valence-electron chi connectivity index (χ4n) is 3.35. The molecular weight excluding hydrogens is 441 g/mol. The molecule has 0 spiro atoms. The summed E-state index contributed by atoms with van der Waals surface area (Å²) in [6.07, 6.45) is 4.13. The fourth-order valence-corrected chi connectivity index (χ4v) is 3.58. The lowest BCUT2D eigenvalue weighted by molar-refractivity contribution is 0.102. The van der Waals surface area contributed by atoms with Crippen molar-refractivity contribution < 1.29 is 13.9 Å². The van der Waals surface area contributed by atoms with Crippen molar-refractivity contribution in [3.05, 3.63) is 112 Å². The van der Waals surface area contributed by atoms with E-state index < -0.39 is 5.82 Å². The monoisotopic (exact) mass is 463 g/mol. The van der Waals surface area contributed by atoms with E-state index in [0.29, 0.717) is 28.4 Å².